The summed E-state index contributed by atoms with van der Waals surface area (Å²) in [5.41, 5.74) is 0.585. The van der Waals surface area contributed by atoms with Crippen molar-refractivity contribution in [2.75, 3.05) is 44.6 Å². The molecule has 2 N–H and O–H groups in total. The number of piperazine rings is 1. The van der Waals surface area contributed by atoms with E-state index in [2.05, 4.69) is 10.2 Å². The molecule has 39 heavy (non-hydrogen) atoms. The minimum Gasteiger partial charge on any atom is -0.432 e. The lowest BCUT2D eigenvalue weighted by molar-refractivity contribution is -0.143. The molecule has 0 aromatic heterocycles. The topological polar surface area (TPSA) is 112 Å². The van der Waals surface area contributed by atoms with Crippen LogP contribution in [0, 0.1) is 5.41 Å². The van der Waals surface area contributed by atoms with Crippen LogP contribution >= 0.6 is 23.2 Å². The van der Waals surface area contributed by atoms with E-state index in [1.165, 1.54) is 4.90 Å². The minimum atomic E-state index is -0.779. The highest BCUT2D eigenvalue weighted by Gasteiger charge is 2.51. The lowest BCUT2D eigenvalue weighted by atomic mass is 9.90. The average Bonchev–Trinajstić information content (AvgIpc) is 3.66. The zero-order valence-corrected chi connectivity index (χ0v) is 24.2. The molecule has 3 atom stereocenters. The third-order valence-corrected chi connectivity index (χ3v) is 8.76. The molecule has 0 bridgehead atoms. The van der Waals surface area contributed by atoms with Crippen molar-refractivity contribution >= 4 is 47.0 Å². The number of likely N-dealkylation sites (tertiary alicyclic amines) is 1. The van der Waals surface area contributed by atoms with Crippen LogP contribution in [0.4, 0.5) is 15.3 Å². The highest BCUT2D eigenvalue weighted by molar-refractivity contribution is 6.42. The molecule has 1 aliphatic carbocycles. The van der Waals surface area contributed by atoms with Crippen LogP contribution in [0.1, 0.15) is 46.5 Å². The van der Waals surface area contributed by atoms with Crippen molar-refractivity contribution in [1.29, 1.82) is 0 Å². The molecule has 216 valence electrons. The Labute approximate surface area is 239 Å². The quantitative estimate of drug-likeness (QED) is 0.440. The number of hydrogen-bond acceptors (Lipinski definition) is 7. The molecule has 0 radical (unpaired) electrons. The van der Waals surface area contributed by atoms with E-state index in [-0.39, 0.29) is 36.7 Å². The maximum Gasteiger partial charge on any atom is 0.508 e. The Morgan fingerprint density at radius 3 is 2.54 bits per heavy atom. The van der Waals surface area contributed by atoms with E-state index in [4.69, 9.17) is 32.7 Å². The van der Waals surface area contributed by atoms with Gasteiger partial charge in [0.2, 0.25) is 5.91 Å². The number of nitrogens with one attached hydrogen (secondary N) is 1. The molecule has 1 aromatic rings. The number of aliphatic hydroxyl groups excluding tert-OH is 1. The number of amides is 3. The number of aliphatic hydroxyl groups is 1. The molecule has 4 rings (SSSR count). The van der Waals surface area contributed by atoms with Crippen molar-refractivity contribution < 1.29 is 29.0 Å². The van der Waals surface area contributed by atoms with Crippen molar-refractivity contribution in [3.05, 3.63) is 28.2 Å². The van der Waals surface area contributed by atoms with Crippen molar-refractivity contribution in [2.45, 2.75) is 70.7 Å². The first-order valence-corrected chi connectivity index (χ1v) is 14.3. The fourth-order valence-electron chi connectivity index (χ4n) is 5.38. The number of β-amino-alcohol motifs (C(OH)–C–C–N with tert-alkyl or cyclic N) is 1. The second kappa shape index (κ2) is 12.5. The highest BCUT2D eigenvalue weighted by Crippen LogP contribution is 2.53. The van der Waals surface area contributed by atoms with Crippen molar-refractivity contribution in [2.24, 2.45) is 5.41 Å². The summed E-state index contributed by atoms with van der Waals surface area (Å²) in [6.07, 6.45) is 2.28. The van der Waals surface area contributed by atoms with Crippen LogP contribution in [-0.2, 0) is 14.3 Å². The van der Waals surface area contributed by atoms with E-state index in [9.17, 15) is 19.5 Å². The predicted octanol–water partition coefficient (Wildman–Crippen LogP) is 4.23. The fourth-order valence-corrected chi connectivity index (χ4v) is 5.68. The average molecular weight is 586 g/mol. The van der Waals surface area contributed by atoms with Gasteiger partial charge in [-0.15, -0.1) is 0 Å². The van der Waals surface area contributed by atoms with Gasteiger partial charge in [0.1, 0.15) is 12.6 Å². The van der Waals surface area contributed by atoms with Gasteiger partial charge in [-0.2, -0.15) is 0 Å². The van der Waals surface area contributed by atoms with Crippen LogP contribution in [-0.4, -0.2) is 102 Å². The highest BCUT2D eigenvalue weighted by atomic mass is 35.5. The van der Waals surface area contributed by atoms with Crippen molar-refractivity contribution in [3.8, 4) is 0 Å². The van der Waals surface area contributed by atoms with Crippen LogP contribution in [0.25, 0.3) is 0 Å². The lowest BCUT2D eigenvalue weighted by Gasteiger charge is -2.43. The molecular formula is C27H38Cl2N4O6. The largest absolute Gasteiger partial charge is 0.508 e. The molecule has 1 saturated carbocycles. The maximum absolute atomic E-state index is 13.5. The molecule has 3 fully saturated rings. The smallest absolute Gasteiger partial charge is 0.432 e. The molecule has 3 unspecified atom stereocenters. The monoisotopic (exact) mass is 584 g/mol. The van der Waals surface area contributed by atoms with E-state index in [1.54, 1.807) is 43.9 Å². The van der Waals surface area contributed by atoms with Crippen LogP contribution in [0.5, 0.6) is 0 Å². The summed E-state index contributed by atoms with van der Waals surface area (Å²) in [4.78, 5) is 44.0. The number of anilines is 1. The molecule has 3 amide bonds. The molecule has 2 heterocycles. The Balaban J connectivity index is 1.38. The van der Waals surface area contributed by atoms with Gasteiger partial charge >= 0.3 is 12.2 Å². The summed E-state index contributed by atoms with van der Waals surface area (Å²) in [6, 6.07) is 3.25. The second-order valence-corrected chi connectivity index (χ2v) is 11.9. The fraction of sp³-hybridized carbons (Fsp3) is 0.667. The number of ether oxygens (including phenoxy) is 2. The molecule has 1 spiro atoms. The molecule has 2 aliphatic heterocycles. The molecule has 2 saturated heterocycles. The number of rotatable bonds is 8. The summed E-state index contributed by atoms with van der Waals surface area (Å²) in [5, 5.41) is 14.1. The van der Waals surface area contributed by atoms with Gasteiger partial charge in [0.25, 0.3) is 0 Å². The molecule has 12 heteroatoms. The lowest BCUT2D eigenvalue weighted by Crippen LogP contribution is -2.61. The standard InChI is InChI=1S/C27H38Cl2N4O6/c1-17(2)39-26(37)38-16-20(6-10-31-11-9-27(7-8-27)23(34)15-31)33-13-12-32(18(3)24(33)35)25(36)30-19-4-5-21(28)22(29)14-19/h4-5,14,17-18,20,23,34H,6-13,15-16H2,1-3H3,(H,30,36). The maximum atomic E-state index is 13.5. The van der Waals surface area contributed by atoms with E-state index < -0.39 is 24.3 Å². The third-order valence-electron chi connectivity index (χ3n) is 8.02. The van der Waals surface area contributed by atoms with E-state index in [0.29, 0.717) is 41.8 Å². The zero-order chi connectivity index (χ0) is 28.3. The summed E-state index contributed by atoms with van der Waals surface area (Å²) in [6.45, 7) is 7.89. The predicted molar refractivity (Wildman–Crippen MR) is 148 cm³/mol. The molecule has 1 aromatic carbocycles. The van der Waals surface area contributed by atoms with Gasteiger partial charge in [-0.25, -0.2) is 9.59 Å². The van der Waals surface area contributed by atoms with Gasteiger partial charge in [0.15, 0.2) is 0 Å². The van der Waals surface area contributed by atoms with Crippen LogP contribution in [0.15, 0.2) is 18.2 Å². The Morgan fingerprint density at radius 1 is 1.15 bits per heavy atom. The number of urea groups is 1. The van der Waals surface area contributed by atoms with Gasteiger partial charge in [-0.1, -0.05) is 23.2 Å². The zero-order valence-electron chi connectivity index (χ0n) is 22.7. The first kappa shape index (κ1) is 29.7. The first-order valence-electron chi connectivity index (χ1n) is 13.6. The summed E-state index contributed by atoms with van der Waals surface area (Å²) in [5.74, 6) is -0.230. The van der Waals surface area contributed by atoms with Crippen molar-refractivity contribution in [1.82, 2.24) is 14.7 Å². The summed E-state index contributed by atoms with van der Waals surface area (Å²) < 4.78 is 10.5. The number of hydrogen-bond donors (Lipinski definition) is 2. The number of carbonyl (C=O) groups excluding carboxylic acids is 3. The van der Waals surface area contributed by atoms with Gasteiger partial charge < -0.3 is 34.6 Å². The molecule has 10 nitrogen and oxygen atoms in total. The van der Waals surface area contributed by atoms with E-state index >= 15 is 0 Å². The Hall–Kier alpha value is -2.27. The number of carbonyl (C=O) groups is 3. The Bertz CT molecular complexity index is 1070. The summed E-state index contributed by atoms with van der Waals surface area (Å²) in [7, 11) is 0. The van der Waals surface area contributed by atoms with Gasteiger partial charge in [0, 0.05) is 31.9 Å². The number of halogens is 2. The van der Waals surface area contributed by atoms with Crippen LogP contribution in [0.2, 0.25) is 10.0 Å². The SMILES string of the molecule is CC(C)OC(=O)OCC(CCN1CCC2(CC2)C(O)C1)N1CCN(C(=O)Nc2ccc(Cl)c(Cl)c2)C(C)C1=O. The molecule has 3 aliphatic rings. The van der Waals surface area contributed by atoms with Crippen LogP contribution < -0.4 is 5.32 Å². The Morgan fingerprint density at radius 2 is 1.90 bits per heavy atom. The Kier molecular flexibility index (Phi) is 9.52. The van der Waals surface area contributed by atoms with Crippen molar-refractivity contribution in [3.63, 3.8) is 0 Å². The number of nitrogens with zero attached hydrogens (tertiary/aromatic N) is 3. The summed E-state index contributed by atoms with van der Waals surface area (Å²) >= 11 is 12.0. The first-order chi connectivity index (χ1) is 18.5. The number of piperidine rings is 1. The third kappa shape index (κ3) is 7.28. The van der Waals surface area contributed by atoms with Gasteiger partial charge in [0.05, 0.1) is 28.3 Å². The van der Waals surface area contributed by atoms with Gasteiger partial charge in [-0.3, -0.25) is 4.79 Å². The minimum absolute atomic E-state index is 0.0141. The second-order valence-electron chi connectivity index (χ2n) is 11.1. The molecular weight excluding hydrogens is 547 g/mol. The van der Waals surface area contributed by atoms with Gasteiger partial charge in [-0.05, 0) is 76.6 Å². The van der Waals surface area contributed by atoms with E-state index in [1.807, 2.05) is 0 Å². The normalized spacial score (nSPS) is 23.6. The van der Waals surface area contributed by atoms with Crippen LogP contribution in [0.3, 0.4) is 0 Å². The van der Waals surface area contributed by atoms with E-state index in [0.717, 1.165) is 25.8 Å². The number of benzene rings is 1.